The fraction of sp³-hybridized carbons (Fsp3) is 0.368. The van der Waals surface area contributed by atoms with Gasteiger partial charge in [0.25, 0.3) is 0 Å². The van der Waals surface area contributed by atoms with Crippen LogP contribution < -0.4 is 16.2 Å². The molecule has 0 aliphatic heterocycles. The van der Waals surface area contributed by atoms with E-state index in [1.54, 1.807) is 24.3 Å². The molecule has 25 heavy (non-hydrogen) atoms. The highest BCUT2D eigenvalue weighted by Gasteiger charge is 2.16. The van der Waals surface area contributed by atoms with Crippen molar-refractivity contribution in [1.82, 2.24) is 0 Å². The average Bonchev–Trinajstić information content (AvgIpc) is 2.61. The largest absolute Gasteiger partial charge is 0.397 e. The molecule has 2 aromatic rings. The Morgan fingerprint density at radius 1 is 1.04 bits per heavy atom. The van der Waals surface area contributed by atoms with Gasteiger partial charge in [0.05, 0.1) is 16.3 Å². The quantitative estimate of drug-likeness (QED) is 0.711. The molecule has 5 N–H and O–H groups in total. The van der Waals surface area contributed by atoms with E-state index in [0.717, 1.165) is 17.8 Å². The summed E-state index contributed by atoms with van der Waals surface area (Å²) in [6.07, 6.45) is 6.51. The highest BCUT2D eigenvalue weighted by Crippen LogP contribution is 2.31. The van der Waals surface area contributed by atoms with Crippen molar-refractivity contribution in [2.24, 2.45) is 11.1 Å². The van der Waals surface area contributed by atoms with Crippen LogP contribution in [0.2, 0.25) is 0 Å². The summed E-state index contributed by atoms with van der Waals surface area (Å²) in [5, 5.41) is 8.76. The van der Waals surface area contributed by atoms with Crippen molar-refractivity contribution in [2.45, 2.75) is 37.0 Å². The molecule has 134 valence electrons. The maximum Gasteiger partial charge on any atom is 0.238 e. The molecule has 3 rings (SSSR count). The van der Waals surface area contributed by atoms with Gasteiger partial charge in [-0.15, -0.1) is 0 Å². The van der Waals surface area contributed by atoms with Crippen LogP contribution in [0.1, 0.15) is 32.1 Å². The zero-order valence-electron chi connectivity index (χ0n) is 14.2. The van der Waals surface area contributed by atoms with Crippen molar-refractivity contribution in [2.75, 3.05) is 17.6 Å². The second-order valence-electron chi connectivity index (χ2n) is 6.73. The van der Waals surface area contributed by atoms with Crippen LogP contribution in [0, 0.1) is 5.92 Å². The highest BCUT2D eigenvalue weighted by molar-refractivity contribution is 7.89. The lowest BCUT2D eigenvalue weighted by molar-refractivity contribution is 0.373. The molecule has 0 saturated heterocycles. The van der Waals surface area contributed by atoms with E-state index in [0.29, 0.717) is 17.2 Å². The fourth-order valence-electron chi connectivity index (χ4n) is 3.49. The van der Waals surface area contributed by atoms with Gasteiger partial charge in [-0.3, -0.25) is 0 Å². The highest BCUT2D eigenvalue weighted by atomic mass is 32.2. The van der Waals surface area contributed by atoms with Crippen LogP contribution >= 0.6 is 0 Å². The summed E-state index contributed by atoms with van der Waals surface area (Å²) >= 11 is 0. The number of hydrogen-bond acceptors (Lipinski definition) is 4. The molecular formula is C19H25N3O2S. The lowest BCUT2D eigenvalue weighted by Crippen LogP contribution is -2.17. The monoisotopic (exact) mass is 359 g/mol. The van der Waals surface area contributed by atoms with E-state index in [1.165, 1.54) is 38.2 Å². The summed E-state index contributed by atoms with van der Waals surface area (Å²) in [5.74, 6) is 0.705. The molecule has 0 unspecified atom stereocenters. The molecule has 1 aliphatic carbocycles. The van der Waals surface area contributed by atoms with E-state index in [1.807, 2.05) is 12.1 Å². The van der Waals surface area contributed by atoms with Gasteiger partial charge in [0.1, 0.15) is 0 Å². The first-order valence-electron chi connectivity index (χ1n) is 8.71. The first-order valence-corrected chi connectivity index (χ1v) is 10.3. The number of hydrogen-bond donors (Lipinski definition) is 3. The van der Waals surface area contributed by atoms with E-state index in [2.05, 4.69) is 5.32 Å². The minimum absolute atomic E-state index is 0.109. The van der Waals surface area contributed by atoms with Crippen molar-refractivity contribution >= 4 is 21.4 Å². The lowest BCUT2D eigenvalue weighted by Gasteiger charge is -2.23. The van der Waals surface area contributed by atoms with Gasteiger partial charge in [0.15, 0.2) is 0 Å². The van der Waals surface area contributed by atoms with Gasteiger partial charge < -0.3 is 11.1 Å². The van der Waals surface area contributed by atoms with Crippen LogP contribution in [0.5, 0.6) is 0 Å². The zero-order valence-corrected chi connectivity index (χ0v) is 15.1. The van der Waals surface area contributed by atoms with Crippen molar-refractivity contribution < 1.29 is 8.42 Å². The van der Waals surface area contributed by atoms with Crippen LogP contribution in [0.3, 0.4) is 0 Å². The SMILES string of the molecule is Nc1cc(-c2ccccc2S(N)(=O)=O)ccc1NCC1CCCCC1. The number of nitrogens with one attached hydrogen (secondary N) is 1. The number of anilines is 2. The molecule has 0 amide bonds. The summed E-state index contributed by atoms with van der Waals surface area (Å²) in [6.45, 7) is 0.928. The Morgan fingerprint density at radius 2 is 1.76 bits per heavy atom. The molecule has 0 bridgehead atoms. The standard InChI is InChI=1S/C19H25N3O2S/c20-17-12-15(16-8-4-5-9-19(16)25(21,23)24)10-11-18(17)22-13-14-6-2-1-3-7-14/h4-5,8-12,14,22H,1-3,6-7,13,20H2,(H2,21,23,24). The van der Waals surface area contributed by atoms with Gasteiger partial charge in [-0.2, -0.15) is 0 Å². The number of primary sulfonamides is 1. The number of nitrogens with two attached hydrogens (primary N) is 2. The van der Waals surface area contributed by atoms with Crippen LogP contribution in [-0.2, 0) is 10.0 Å². The lowest BCUT2D eigenvalue weighted by atomic mass is 9.89. The molecule has 2 aromatic carbocycles. The first-order chi connectivity index (χ1) is 11.9. The van der Waals surface area contributed by atoms with Crippen molar-refractivity contribution in [3.05, 3.63) is 42.5 Å². The van der Waals surface area contributed by atoms with Gasteiger partial charge in [-0.1, -0.05) is 43.5 Å². The smallest absolute Gasteiger partial charge is 0.238 e. The topological polar surface area (TPSA) is 98.2 Å². The number of benzene rings is 2. The number of rotatable bonds is 5. The third kappa shape index (κ3) is 4.32. The normalized spacial score (nSPS) is 15.9. The Labute approximate surface area is 149 Å². The zero-order chi connectivity index (χ0) is 17.9. The summed E-state index contributed by atoms with van der Waals surface area (Å²) in [6, 6.07) is 12.3. The predicted molar refractivity (Wildman–Crippen MR) is 103 cm³/mol. The Kier molecular flexibility index (Phi) is 5.30. The molecule has 1 saturated carbocycles. The molecule has 5 nitrogen and oxygen atoms in total. The predicted octanol–water partition coefficient (Wildman–Crippen LogP) is 3.58. The van der Waals surface area contributed by atoms with E-state index < -0.39 is 10.0 Å². The molecule has 0 radical (unpaired) electrons. The van der Waals surface area contributed by atoms with Gasteiger partial charge in [-0.05, 0) is 42.5 Å². The van der Waals surface area contributed by atoms with E-state index >= 15 is 0 Å². The maximum absolute atomic E-state index is 11.8. The Bertz CT molecular complexity index is 843. The number of sulfonamides is 1. The third-order valence-electron chi connectivity index (χ3n) is 4.86. The molecule has 0 aromatic heterocycles. The summed E-state index contributed by atoms with van der Waals surface area (Å²) in [4.78, 5) is 0.109. The second-order valence-corrected chi connectivity index (χ2v) is 8.26. The second kappa shape index (κ2) is 7.45. The number of nitrogen functional groups attached to an aromatic ring is 1. The first kappa shape index (κ1) is 17.8. The summed E-state index contributed by atoms with van der Waals surface area (Å²) < 4.78 is 23.6. The van der Waals surface area contributed by atoms with Crippen LogP contribution in [0.15, 0.2) is 47.4 Å². The van der Waals surface area contributed by atoms with Gasteiger partial charge in [0, 0.05) is 12.1 Å². The van der Waals surface area contributed by atoms with Crippen LogP contribution in [-0.4, -0.2) is 15.0 Å². The van der Waals surface area contributed by atoms with E-state index in [4.69, 9.17) is 10.9 Å². The summed E-state index contributed by atoms with van der Waals surface area (Å²) in [7, 11) is -3.79. The molecule has 0 spiro atoms. The Balaban J connectivity index is 1.81. The van der Waals surface area contributed by atoms with Crippen LogP contribution in [0.4, 0.5) is 11.4 Å². The van der Waals surface area contributed by atoms with Gasteiger partial charge in [0.2, 0.25) is 10.0 Å². The third-order valence-corrected chi connectivity index (χ3v) is 5.83. The molecule has 0 heterocycles. The minimum Gasteiger partial charge on any atom is -0.397 e. The van der Waals surface area contributed by atoms with Crippen molar-refractivity contribution in [3.63, 3.8) is 0 Å². The average molecular weight is 359 g/mol. The van der Waals surface area contributed by atoms with Crippen LogP contribution in [0.25, 0.3) is 11.1 Å². The Hall–Kier alpha value is -2.05. The Morgan fingerprint density at radius 3 is 2.44 bits per heavy atom. The van der Waals surface area contributed by atoms with Crippen molar-refractivity contribution in [1.29, 1.82) is 0 Å². The van der Waals surface area contributed by atoms with Gasteiger partial charge >= 0.3 is 0 Å². The fourth-order valence-corrected chi connectivity index (χ4v) is 4.25. The maximum atomic E-state index is 11.8. The molecule has 0 atom stereocenters. The minimum atomic E-state index is -3.79. The molecule has 6 heteroatoms. The van der Waals surface area contributed by atoms with Crippen molar-refractivity contribution in [3.8, 4) is 11.1 Å². The van der Waals surface area contributed by atoms with Gasteiger partial charge in [-0.25, -0.2) is 13.6 Å². The van der Waals surface area contributed by atoms with E-state index in [-0.39, 0.29) is 4.90 Å². The molecule has 1 fully saturated rings. The van der Waals surface area contributed by atoms with E-state index in [9.17, 15) is 8.42 Å². The summed E-state index contributed by atoms with van der Waals surface area (Å²) in [5.41, 5.74) is 9.00. The molecular weight excluding hydrogens is 334 g/mol. The molecule has 1 aliphatic rings.